The van der Waals surface area contributed by atoms with E-state index in [2.05, 4.69) is 16.0 Å². The summed E-state index contributed by atoms with van der Waals surface area (Å²) in [6.45, 7) is 0.413. The van der Waals surface area contributed by atoms with Crippen molar-refractivity contribution in [2.24, 2.45) is 0 Å². The van der Waals surface area contributed by atoms with Gasteiger partial charge in [-0.2, -0.15) is 5.26 Å². The summed E-state index contributed by atoms with van der Waals surface area (Å²) in [5.74, 6) is 0.239. The van der Waals surface area contributed by atoms with Crippen LogP contribution in [0.5, 0.6) is 0 Å². The molecule has 0 aliphatic carbocycles. The van der Waals surface area contributed by atoms with Crippen LogP contribution in [0.2, 0.25) is 0 Å². The van der Waals surface area contributed by atoms with Crippen molar-refractivity contribution in [3.63, 3.8) is 0 Å². The molecule has 0 unspecified atom stereocenters. The first-order valence-corrected chi connectivity index (χ1v) is 9.47. The van der Waals surface area contributed by atoms with Gasteiger partial charge in [0.05, 0.1) is 23.9 Å². The molecule has 27 heavy (non-hydrogen) atoms. The molecule has 2 heterocycles. The van der Waals surface area contributed by atoms with E-state index < -0.39 is 0 Å². The second kappa shape index (κ2) is 7.52. The van der Waals surface area contributed by atoms with Gasteiger partial charge < -0.3 is 4.98 Å². The monoisotopic (exact) mass is 372 g/mol. The quantitative estimate of drug-likeness (QED) is 0.423. The molecule has 0 fully saturated rings. The molecule has 0 atom stereocenters. The number of hydrogen-bond acceptors (Lipinski definition) is 4. The molecule has 4 aromatic rings. The minimum Gasteiger partial charge on any atom is -0.349 e. The zero-order chi connectivity index (χ0) is 18.6. The lowest BCUT2D eigenvalue weighted by atomic mass is 10.2. The van der Waals surface area contributed by atoms with Gasteiger partial charge in [0, 0.05) is 5.69 Å². The van der Waals surface area contributed by atoms with Crippen molar-refractivity contribution in [2.45, 2.75) is 11.7 Å². The summed E-state index contributed by atoms with van der Waals surface area (Å²) in [4.78, 5) is 21.0. The number of nitrogens with one attached hydrogen (secondary N) is 1. The number of H-pyrrole nitrogens is 1. The van der Waals surface area contributed by atoms with E-state index in [9.17, 15) is 4.79 Å². The first kappa shape index (κ1) is 17.1. The molecule has 0 spiro atoms. The molecule has 0 aliphatic heterocycles. The minimum atomic E-state index is -0.133. The lowest BCUT2D eigenvalue weighted by Crippen LogP contribution is -2.24. The van der Waals surface area contributed by atoms with Gasteiger partial charge in [0.1, 0.15) is 5.52 Å². The number of nitriles is 1. The smallest absolute Gasteiger partial charge is 0.278 e. The molecule has 0 saturated carbocycles. The Bertz CT molecular complexity index is 1170. The number of nitrogens with zero attached hydrogens (tertiary/aromatic N) is 3. The van der Waals surface area contributed by atoms with Crippen LogP contribution in [-0.2, 0) is 6.54 Å². The summed E-state index contributed by atoms with van der Waals surface area (Å²) < 4.78 is 1.63. The van der Waals surface area contributed by atoms with Crippen molar-refractivity contribution in [2.75, 3.05) is 5.75 Å². The molecule has 0 aliphatic rings. The molecular weight excluding hydrogens is 356 g/mol. The Labute approximate surface area is 160 Å². The standard InChI is InChI=1S/C21H16N4OS/c22-11-12-27-21-24-18-13-17(16-9-5-2-6-10-16)23-19(18)20(26)25(21)14-15-7-3-1-4-8-15/h1-10,13,23H,12,14H2. The molecule has 4 rings (SSSR count). The molecule has 0 saturated heterocycles. The molecule has 1 N–H and O–H groups in total. The Balaban J connectivity index is 1.85. The third-order valence-corrected chi connectivity index (χ3v) is 5.08. The van der Waals surface area contributed by atoms with E-state index in [-0.39, 0.29) is 11.3 Å². The molecule has 132 valence electrons. The summed E-state index contributed by atoms with van der Waals surface area (Å²) in [5.41, 5.74) is 3.81. The van der Waals surface area contributed by atoms with Gasteiger partial charge >= 0.3 is 0 Å². The first-order chi connectivity index (χ1) is 13.3. The maximum Gasteiger partial charge on any atom is 0.278 e. The Hall–Kier alpha value is -3.30. The summed E-state index contributed by atoms with van der Waals surface area (Å²) >= 11 is 1.28. The number of hydrogen-bond donors (Lipinski definition) is 1. The van der Waals surface area contributed by atoms with Crippen LogP contribution in [0, 0.1) is 11.3 Å². The van der Waals surface area contributed by atoms with Gasteiger partial charge in [-0.3, -0.25) is 9.36 Å². The van der Waals surface area contributed by atoms with Crippen LogP contribution in [0.4, 0.5) is 0 Å². The molecule has 0 amide bonds. The Morgan fingerprint density at radius 3 is 2.48 bits per heavy atom. The van der Waals surface area contributed by atoms with Crippen LogP contribution in [0.1, 0.15) is 5.56 Å². The average molecular weight is 372 g/mol. The van der Waals surface area contributed by atoms with Crippen molar-refractivity contribution < 1.29 is 0 Å². The van der Waals surface area contributed by atoms with E-state index in [0.29, 0.717) is 22.7 Å². The fourth-order valence-corrected chi connectivity index (χ4v) is 3.63. The maximum atomic E-state index is 13.2. The lowest BCUT2D eigenvalue weighted by Gasteiger charge is -2.11. The van der Waals surface area contributed by atoms with Gasteiger partial charge in [-0.1, -0.05) is 72.4 Å². The second-order valence-electron chi connectivity index (χ2n) is 6.03. The summed E-state index contributed by atoms with van der Waals surface area (Å²) in [7, 11) is 0. The largest absolute Gasteiger partial charge is 0.349 e. The van der Waals surface area contributed by atoms with E-state index >= 15 is 0 Å². The maximum absolute atomic E-state index is 13.2. The van der Waals surface area contributed by atoms with Crippen LogP contribution >= 0.6 is 11.8 Å². The molecule has 0 radical (unpaired) electrons. The molecular formula is C21H16N4OS. The molecule has 2 aromatic heterocycles. The zero-order valence-corrected chi connectivity index (χ0v) is 15.2. The van der Waals surface area contributed by atoms with E-state index in [1.54, 1.807) is 4.57 Å². The van der Waals surface area contributed by atoms with Crippen LogP contribution in [0.15, 0.2) is 76.7 Å². The van der Waals surface area contributed by atoms with Gasteiger partial charge in [0.25, 0.3) is 5.56 Å². The third kappa shape index (κ3) is 3.50. The molecule has 6 heteroatoms. The number of rotatable bonds is 5. The van der Waals surface area contributed by atoms with Crippen molar-refractivity contribution in [1.29, 1.82) is 5.26 Å². The Morgan fingerprint density at radius 2 is 1.78 bits per heavy atom. The highest BCUT2D eigenvalue weighted by Gasteiger charge is 2.15. The number of aromatic nitrogens is 3. The van der Waals surface area contributed by atoms with Crippen molar-refractivity contribution in [3.8, 4) is 17.3 Å². The molecule has 2 aromatic carbocycles. The Morgan fingerprint density at radius 1 is 1.07 bits per heavy atom. The lowest BCUT2D eigenvalue weighted by molar-refractivity contribution is 0.658. The highest BCUT2D eigenvalue weighted by molar-refractivity contribution is 7.99. The predicted octanol–water partition coefficient (Wildman–Crippen LogP) is 4.06. The van der Waals surface area contributed by atoms with Gasteiger partial charge in [0.15, 0.2) is 5.16 Å². The zero-order valence-electron chi connectivity index (χ0n) is 14.4. The van der Waals surface area contributed by atoms with Crippen molar-refractivity contribution in [1.82, 2.24) is 14.5 Å². The van der Waals surface area contributed by atoms with Gasteiger partial charge in [-0.25, -0.2) is 4.98 Å². The van der Waals surface area contributed by atoms with Crippen molar-refractivity contribution in [3.05, 3.63) is 82.6 Å². The van der Waals surface area contributed by atoms with E-state index in [1.807, 2.05) is 66.7 Å². The number of fused-ring (bicyclic) bond motifs is 1. The topological polar surface area (TPSA) is 74.5 Å². The summed E-state index contributed by atoms with van der Waals surface area (Å²) in [6.07, 6.45) is 0. The predicted molar refractivity (Wildman–Crippen MR) is 108 cm³/mol. The van der Waals surface area contributed by atoms with Crippen LogP contribution in [0.3, 0.4) is 0 Å². The van der Waals surface area contributed by atoms with Crippen LogP contribution in [0.25, 0.3) is 22.3 Å². The fraction of sp³-hybridized carbons (Fsp3) is 0.0952. The fourth-order valence-electron chi connectivity index (χ4n) is 2.97. The first-order valence-electron chi connectivity index (χ1n) is 8.49. The van der Waals surface area contributed by atoms with E-state index in [4.69, 9.17) is 5.26 Å². The Kier molecular flexibility index (Phi) is 4.77. The number of thioether (sulfide) groups is 1. The van der Waals surface area contributed by atoms with Gasteiger partial charge in [-0.15, -0.1) is 0 Å². The number of aromatic amines is 1. The van der Waals surface area contributed by atoms with Gasteiger partial charge in [0.2, 0.25) is 0 Å². The third-order valence-electron chi connectivity index (χ3n) is 4.24. The minimum absolute atomic E-state index is 0.133. The highest BCUT2D eigenvalue weighted by atomic mass is 32.2. The van der Waals surface area contributed by atoms with E-state index in [0.717, 1.165) is 16.8 Å². The summed E-state index contributed by atoms with van der Waals surface area (Å²) in [5, 5.41) is 9.50. The average Bonchev–Trinajstić information content (AvgIpc) is 3.15. The van der Waals surface area contributed by atoms with Crippen molar-refractivity contribution >= 4 is 22.8 Å². The van der Waals surface area contributed by atoms with E-state index in [1.165, 1.54) is 11.8 Å². The van der Waals surface area contributed by atoms with Crippen LogP contribution in [-0.4, -0.2) is 20.3 Å². The normalized spacial score (nSPS) is 10.8. The number of benzene rings is 2. The SMILES string of the molecule is N#CCSc1nc2cc(-c3ccccc3)[nH]c2c(=O)n1Cc1ccccc1. The summed E-state index contributed by atoms with van der Waals surface area (Å²) in [6, 6.07) is 23.6. The highest BCUT2D eigenvalue weighted by Crippen LogP contribution is 2.24. The van der Waals surface area contributed by atoms with Crippen LogP contribution < -0.4 is 5.56 Å². The molecule has 5 nitrogen and oxygen atoms in total. The van der Waals surface area contributed by atoms with Gasteiger partial charge in [-0.05, 0) is 17.2 Å². The molecule has 0 bridgehead atoms. The second-order valence-corrected chi connectivity index (χ2v) is 6.97.